The molecule has 0 unspecified atom stereocenters. The van der Waals surface area contributed by atoms with Crippen LogP contribution in [0.15, 0.2) is 47.6 Å². The van der Waals surface area contributed by atoms with E-state index in [2.05, 4.69) is 10.5 Å². The first-order valence-corrected chi connectivity index (χ1v) is 6.58. The lowest BCUT2D eigenvalue weighted by Gasteiger charge is -2.09. The summed E-state index contributed by atoms with van der Waals surface area (Å²) in [5.41, 5.74) is 4.41. The number of hydrazone groups is 1. The number of anilines is 1. The smallest absolute Gasteiger partial charge is 0.161 e. The van der Waals surface area contributed by atoms with Crippen LogP contribution in [0.3, 0.4) is 0 Å². The third-order valence-electron chi connectivity index (χ3n) is 2.74. The van der Waals surface area contributed by atoms with E-state index in [9.17, 15) is 4.39 Å². The van der Waals surface area contributed by atoms with Gasteiger partial charge in [0, 0.05) is 0 Å². The molecule has 1 N–H and O–H groups in total. The molecule has 0 bridgehead atoms. The first-order valence-electron chi connectivity index (χ1n) is 6.58. The normalized spacial score (nSPS) is 10.6. The first-order chi connectivity index (χ1) is 10.2. The summed E-state index contributed by atoms with van der Waals surface area (Å²) in [6, 6.07) is 11.5. The summed E-state index contributed by atoms with van der Waals surface area (Å²) in [7, 11) is 1.59. The molecule has 0 atom stereocenters. The highest BCUT2D eigenvalue weighted by atomic mass is 19.1. The van der Waals surface area contributed by atoms with E-state index in [0.29, 0.717) is 23.8 Å². The SMILES string of the molecule is CCOc1ccc(/C=N/Nc2ccc(F)cc2)cc1OC. The lowest BCUT2D eigenvalue weighted by molar-refractivity contribution is 0.311. The number of rotatable bonds is 6. The maximum absolute atomic E-state index is 12.8. The molecule has 0 heterocycles. The molecule has 0 aliphatic rings. The molecule has 5 heteroatoms. The van der Waals surface area contributed by atoms with Crippen molar-refractivity contribution in [2.24, 2.45) is 5.10 Å². The summed E-state index contributed by atoms with van der Waals surface area (Å²) in [6.07, 6.45) is 1.65. The monoisotopic (exact) mass is 288 g/mol. The number of halogens is 1. The van der Waals surface area contributed by atoms with E-state index in [-0.39, 0.29) is 5.82 Å². The standard InChI is InChI=1S/C16H17FN2O2/c1-3-21-15-9-4-12(10-16(15)20-2)11-18-19-14-7-5-13(17)6-8-14/h4-11,19H,3H2,1-2H3/b18-11+. The Morgan fingerprint density at radius 1 is 1.14 bits per heavy atom. The van der Waals surface area contributed by atoms with Crippen LogP contribution in [0.25, 0.3) is 0 Å². The van der Waals surface area contributed by atoms with Crippen LogP contribution in [0.4, 0.5) is 10.1 Å². The predicted molar refractivity (Wildman–Crippen MR) is 81.8 cm³/mol. The van der Waals surface area contributed by atoms with Gasteiger partial charge < -0.3 is 9.47 Å². The minimum absolute atomic E-state index is 0.277. The largest absolute Gasteiger partial charge is 0.493 e. The van der Waals surface area contributed by atoms with Gasteiger partial charge in [-0.2, -0.15) is 5.10 Å². The van der Waals surface area contributed by atoms with E-state index in [1.165, 1.54) is 12.1 Å². The van der Waals surface area contributed by atoms with Gasteiger partial charge in [0.15, 0.2) is 11.5 Å². The Kier molecular flexibility index (Phi) is 5.15. The summed E-state index contributed by atoms with van der Waals surface area (Å²) in [6.45, 7) is 2.50. The molecule has 0 aliphatic heterocycles. The fourth-order valence-electron chi connectivity index (χ4n) is 1.74. The van der Waals surface area contributed by atoms with E-state index < -0.39 is 0 Å². The van der Waals surface area contributed by atoms with Crippen LogP contribution in [0.5, 0.6) is 11.5 Å². The highest BCUT2D eigenvalue weighted by Gasteiger charge is 2.03. The van der Waals surface area contributed by atoms with Crippen molar-refractivity contribution in [1.82, 2.24) is 0 Å². The molecule has 0 radical (unpaired) electrons. The van der Waals surface area contributed by atoms with Crippen molar-refractivity contribution in [3.05, 3.63) is 53.8 Å². The number of ether oxygens (including phenoxy) is 2. The van der Waals surface area contributed by atoms with E-state index >= 15 is 0 Å². The van der Waals surface area contributed by atoms with Crippen molar-refractivity contribution in [1.29, 1.82) is 0 Å². The Hall–Kier alpha value is -2.56. The highest BCUT2D eigenvalue weighted by Crippen LogP contribution is 2.27. The first kappa shape index (κ1) is 14.8. The predicted octanol–water partition coefficient (Wildman–Crippen LogP) is 3.68. The third kappa shape index (κ3) is 4.21. The average Bonchev–Trinajstić information content (AvgIpc) is 2.51. The van der Waals surface area contributed by atoms with Crippen LogP contribution in [0, 0.1) is 5.82 Å². The van der Waals surface area contributed by atoms with Crippen molar-refractivity contribution >= 4 is 11.9 Å². The number of nitrogens with one attached hydrogen (secondary N) is 1. The molecule has 2 aromatic carbocycles. The van der Waals surface area contributed by atoms with Crippen LogP contribution in [0.2, 0.25) is 0 Å². The molecule has 21 heavy (non-hydrogen) atoms. The van der Waals surface area contributed by atoms with Crippen molar-refractivity contribution in [2.45, 2.75) is 6.92 Å². The van der Waals surface area contributed by atoms with Crippen molar-refractivity contribution in [2.75, 3.05) is 19.1 Å². The summed E-state index contributed by atoms with van der Waals surface area (Å²) in [5, 5.41) is 4.10. The fraction of sp³-hybridized carbons (Fsp3) is 0.188. The van der Waals surface area contributed by atoms with Gasteiger partial charge in [-0.15, -0.1) is 0 Å². The molecule has 2 aromatic rings. The van der Waals surface area contributed by atoms with E-state index in [1.54, 1.807) is 25.5 Å². The van der Waals surface area contributed by atoms with Gasteiger partial charge >= 0.3 is 0 Å². The second-order valence-electron chi connectivity index (χ2n) is 4.22. The lowest BCUT2D eigenvalue weighted by atomic mass is 10.2. The van der Waals surface area contributed by atoms with E-state index in [0.717, 1.165) is 5.56 Å². The van der Waals surface area contributed by atoms with Gasteiger partial charge in [0.25, 0.3) is 0 Å². The van der Waals surface area contributed by atoms with E-state index in [1.807, 2.05) is 25.1 Å². The Labute approximate surface area is 123 Å². The molecule has 2 rings (SSSR count). The Morgan fingerprint density at radius 2 is 1.90 bits per heavy atom. The van der Waals surface area contributed by atoms with Gasteiger partial charge in [-0.3, -0.25) is 5.43 Å². The zero-order valence-corrected chi connectivity index (χ0v) is 12.0. The van der Waals surface area contributed by atoms with Crippen molar-refractivity contribution in [3.8, 4) is 11.5 Å². The van der Waals surface area contributed by atoms with Crippen LogP contribution in [0.1, 0.15) is 12.5 Å². The van der Waals surface area contributed by atoms with Crippen LogP contribution in [-0.2, 0) is 0 Å². The summed E-state index contributed by atoms with van der Waals surface area (Å²) in [4.78, 5) is 0. The maximum atomic E-state index is 12.8. The minimum atomic E-state index is -0.277. The second-order valence-corrected chi connectivity index (χ2v) is 4.22. The third-order valence-corrected chi connectivity index (χ3v) is 2.74. The Morgan fingerprint density at radius 3 is 2.57 bits per heavy atom. The lowest BCUT2D eigenvalue weighted by Crippen LogP contribution is -1.97. The quantitative estimate of drug-likeness (QED) is 0.651. The van der Waals surface area contributed by atoms with Gasteiger partial charge in [0.2, 0.25) is 0 Å². The van der Waals surface area contributed by atoms with Gasteiger partial charge in [-0.25, -0.2) is 4.39 Å². The molecule has 0 saturated heterocycles. The second kappa shape index (κ2) is 7.28. The summed E-state index contributed by atoms with van der Waals surface area (Å²) >= 11 is 0. The van der Waals surface area contributed by atoms with Crippen molar-refractivity contribution < 1.29 is 13.9 Å². The molecule has 0 aromatic heterocycles. The Balaban J connectivity index is 2.05. The summed E-state index contributed by atoms with van der Waals surface area (Å²) in [5.74, 6) is 1.08. The van der Waals surface area contributed by atoms with Gasteiger partial charge in [-0.05, 0) is 55.0 Å². The zero-order valence-electron chi connectivity index (χ0n) is 12.0. The van der Waals surface area contributed by atoms with Crippen LogP contribution in [-0.4, -0.2) is 19.9 Å². The maximum Gasteiger partial charge on any atom is 0.161 e. The van der Waals surface area contributed by atoms with Gasteiger partial charge in [0.05, 0.1) is 25.6 Å². The molecular weight excluding hydrogens is 271 g/mol. The van der Waals surface area contributed by atoms with Crippen LogP contribution < -0.4 is 14.9 Å². The van der Waals surface area contributed by atoms with E-state index in [4.69, 9.17) is 9.47 Å². The number of hydrogen-bond donors (Lipinski definition) is 1. The van der Waals surface area contributed by atoms with Crippen LogP contribution >= 0.6 is 0 Å². The Bertz CT molecular complexity index is 612. The molecule has 0 spiro atoms. The molecule has 0 saturated carbocycles. The fourth-order valence-corrected chi connectivity index (χ4v) is 1.74. The molecule has 0 amide bonds. The molecular formula is C16H17FN2O2. The number of hydrogen-bond acceptors (Lipinski definition) is 4. The topological polar surface area (TPSA) is 42.8 Å². The van der Waals surface area contributed by atoms with Gasteiger partial charge in [-0.1, -0.05) is 0 Å². The number of benzene rings is 2. The molecule has 4 nitrogen and oxygen atoms in total. The molecule has 110 valence electrons. The zero-order chi connectivity index (χ0) is 15.1. The minimum Gasteiger partial charge on any atom is -0.493 e. The molecule has 0 aliphatic carbocycles. The summed E-state index contributed by atoms with van der Waals surface area (Å²) < 4.78 is 23.5. The highest BCUT2D eigenvalue weighted by molar-refractivity contribution is 5.81. The number of methoxy groups -OCH3 is 1. The van der Waals surface area contributed by atoms with Gasteiger partial charge in [0.1, 0.15) is 5.82 Å². The number of nitrogens with zero attached hydrogens (tertiary/aromatic N) is 1. The molecule has 0 fully saturated rings. The van der Waals surface area contributed by atoms with Crippen molar-refractivity contribution in [3.63, 3.8) is 0 Å². The average molecular weight is 288 g/mol.